The number of nitrogens with zero attached hydrogens (tertiary/aromatic N) is 1. The van der Waals surface area contributed by atoms with Gasteiger partial charge in [0.25, 0.3) is 5.91 Å². The van der Waals surface area contributed by atoms with Gasteiger partial charge in [0.2, 0.25) is 0 Å². The van der Waals surface area contributed by atoms with Gasteiger partial charge in [-0.1, -0.05) is 18.6 Å². The first-order chi connectivity index (χ1) is 8.22. The van der Waals surface area contributed by atoms with Crippen molar-refractivity contribution in [3.63, 3.8) is 0 Å². The maximum absolute atomic E-state index is 13.5. The van der Waals surface area contributed by atoms with Crippen molar-refractivity contribution in [3.05, 3.63) is 35.6 Å². The number of carbonyl (C=O) groups is 1. The molecular formula is C14H18FNO. The van der Waals surface area contributed by atoms with Crippen LogP contribution in [0.3, 0.4) is 0 Å². The molecule has 0 atom stereocenters. The van der Waals surface area contributed by atoms with Crippen LogP contribution >= 0.6 is 0 Å². The fourth-order valence-corrected chi connectivity index (χ4v) is 2.15. The van der Waals surface area contributed by atoms with Crippen molar-refractivity contribution in [3.8, 4) is 0 Å². The number of hydrogen-bond acceptors (Lipinski definition) is 1. The third kappa shape index (κ3) is 2.65. The molecule has 0 aliphatic heterocycles. The zero-order valence-corrected chi connectivity index (χ0v) is 10.2. The maximum atomic E-state index is 13.5. The van der Waals surface area contributed by atoms with Crippen LogP contribution < -0.4 is 0 Å². The Hall–Kier alpha value is -1.38. The molecule has 2 nitrogen and oxygen atoms in total. The first-order valence-electron chi connectivity index (χ1n) is 6.26. The van der Waals surface area contributed by atoms with Crippen LogP contribution in [0.4, 0.5) is 4.39 Å². The summed E-state index contributed by atoms with van der Waals surface area (Å²) in [6.07, 6.45) is 3.65. The normalized spacial score (nSPS) is 15.4. The monoisotopic (exact) mass is 235 g/mol. The summed E-state index contributed by atoms with van der Waals surface area (Å²) < 4.78 is 13.5. The predicted octanol–water partition coefficient (Wildman–Crippen LogP) is 3.09. The Balaban J connectivity index is 2.08. The molecule has 1 fully saturated rings. The Morgan fingerprint density at radius 3 is 2.65 bits per heavy atom. The highest BCUT2D eigenvalue weighted by Gasteiger charge is 2.24. The molecule has 0 N–H and O–H groups in total. The van der Waals surface area contributed by atoms with E-state index in [4.69, 9.17) is 0 Å². The standard InChI is InChI=1S/C14H18FNO/c1-2-16(10-11-6-5-7-11)14(17)12-8-3-4-9-13(12)15/h3-4,8-9,11H,2,5-7,10H2,1H3. The zero-order valence-electron chi connectivity index (χ0n) is 10.2. The highest BCUT2D eigenvalue weighted by Crippen LogP contribution is 2.27. The second-order valence-corrected chi connectivity index (χ2v) is 4.62. The summed E-state index contributed by atoms with van der Waals surface area (Å²) in [5, 5.41) is 0. The van der Waals surface area contributed by atoms with E-state index in [9.17, 15) is 9.18 Å². The third-order valence-electron chi connectivity index (χ3n) is 3.48. The van der Waals surface area contributed by atoms with Crippen LogP contribution in [0.2, 0.25) is 0 Å². The molecule has 92 valence electrons. The average Bonchev–Trinajstić information content (AvgIpc) is 2.28. The minimum Gasteiger partial charge on any atom is -0.339 e. The molecule has 1 amide bonds. The minimum atomic E-state index is -0.426. The highest BCUT2D eigenvalue weighted by molar-refractivity contribution is 5.94. The fourth-order valence-electron chi connectivity index (χ4n) is 2.15. The molecule has 2 rings (SSSR count). The summed E-state index contributed by atoms with van der Waals surface area (Å²) in [6, 6.07) is 6.20. The Kier molecular flexibility index (Phi) is 3.77. The summed E-state index contributed by atoms with van der Waals surface area (Å²) in [6.45, 7) is 3.35. The van der Waals surface area contributed by atoms with E-state index in [1.807, 2.05) is 6.92 Å². The van der Waals surface area contributed by atoms with Gasteiger partial charge in [0.1, 0.15) is 5.82 Å². The van der Waals surface area contributed by atoms with Gasteiger partial charge >= 0.3 is 0 Å². The van der Waals surface area contributed by atoms with Crippen molar-refractivity contribution in [2.75, 3.05) is 13.1 Å². The van der Waals surface area contributed by atoms with Crippen LogP contribution in [0.1, 0.15) is 36.5 Å². The molecule has 0 spiro atoms. The second-order valence-electron chi connectivity index (χ2n) is 4.62. The van der Waals surface area contributed by atoms with E-state index >= 15 is 0 Å². The number of carbonyl (C=O) groups excluding carboxylic acids is 1. The van der Waals surface area contributed by atoms with E-state index in [1.165, 1.54) is 25.3 Å². The second kappa shape index (κ2) is 5.30. The summed E-state index contributed by atoms with van der Waals surface area (Å²) >= 11 is 0. The van der Waals surface area contributed by atoms with Gasteiger partial charge in [-0.2, -0.15) is 0 Å². The van der Waals surface area contributed by atoms with Gasteiger partial charge in [0.15, 0.2) is 0 Å². The number of benzene rings is 1. The Morgan fingerprint density at radius 2 is 2.12 bits per heavy atom. The lowest BCUT2D eigenvalue weighted by atomic mass is 9.85. The lowest BCUT2D eigenvalue weighted by molar-refractivity contribution is 0.0702. The molecule has 1 aromatic carbocycles. The molecule has 0 radical (unpaired) electrons. The van der Waals surface area contributed by atoms with E-state index in [0.717, 1.165) is 6.54 Å². The molecule has 1 aliphatic rings. The largest absolute Gasteiger partial charge is 0.339 e. The van der Waals surface area contributed by atoms with Gasteiger partial charge in [-0.15, -0.1) is 0 Å². The number of hydrogen-bond donors (Lipinski definition) is 0. The summed E-state index contributed by atoms with van der Waals surface area (Å²) in [5.74, 6) is 0.00716. The molecule has 0 saturated heterocycles. The average molecular weight is 235 g/mol. The van der Waals surface area contributed by atoms with Gasteiger partial charge in [-0.25, -0.2) is 4.39 Å². The first-order valence-corrected chi connectivity index (χ1v) is 6.26. The number of halogens is 1. The Morgan fingerprint density at radius 1 is 1.41 bits per heavy atom. The smallest absolute Gasteiger partial charge is 0.256 e. The summed E-state index contributed by atoms with van der Waals surface area (Å²) in [5.41, 5.74) is 0.189. The molecule has 3 heteroatoms. The number of amides is 1. The lowest BCUT2D eigenvalue weighted by Crippen LogP contribution is -2.37. The van der Waals surface area contributed by atoms with E-state index in [2.05, 4.69) is 0 Å². The van der Waals surface area contributed by atoms with Crippen LogP contribution in [0.25, 0.3) is 0 Å². The van der Waals surface area contributed by atoms with Crippen LogP contribution in [0, 0.1) is 11.7 Å². The SMILES string of the molecule is CCN(CC1CCC1)C(=O)c1ccccc1F. The molecule has 0 aromatic heterocycles. The van der Waals surface area contributed by atoms with Crippen molar-refractivity contribution in [1.29, 1.82) is 0 Å². The van der Waals surface area contributed by atoms with Crippen LogP contribution in [-0.2, 0) is 0 Å². The molecule has 0 heterocycles. The van der Waals surface area contributed by atoms with Crippen LogP contribution in [0.15, 0.2) is 24.3 Å². The van der Waals surface area contributed by atoms with E-state index in [0.29, 0.717) is 12.5 Å². The van der Waals surface area contributed by atoms with E-state index in [-0.39, 0.29) is 11.5 Å². The highest BCUT2D eigenvalue weighted by atomic mass is 19.1. The van der Waals surface area contributed by atoms with Gasteiger partial charge in [0.05, 0.1) is 5.56 Å². The fraction of sp³-hybridized carbons (Fsp3) is 0.500. The summed E-state index contributed by atoms with van der Waals surface area (Å²) in [4.78, 5) is 13.9. The van der Waals surface area contributed by atoms with Crippen molar-refractivity contribution >= 4 is 5.91 Å². The van der Waals surface area contributed by atoms with Crippen LogP contribution in [-0.4, -0.2) is 23.9 Å². The molecule has 1 aromatic rings. The molecule has 1 aliphatic carbocycles. The van der Waals surface area contributed by atoms with Crippen molar-refractivity contribution in [2.24, 2.45) is 5.92 Å². The van der Waals surface area contributed by atoms with Crippen molar-refractivity contribution in [2.45, 2.75) is 26.2 Å². The van der Waals surface area contributed by atoms with Crippen molar-refractivity contribution in [1.82, 2.24) is 4.90 Å². The molecule has 0 unspecified atom stereocenters. The first kappa shape index (κ1) is 12.1. The number of rotatable bonds is 4. The quantitative estimate of drug-likeness (QED) is 0.785. The van der Waals surface area contributed by atoms with Gasteiger partial charge in [-0.3, -0.25) is 4.79 Å². The molecule has 1 saturated carbocycles. The predicted molar refractivity (Wildman–Crippen MR) is 65.3 cm³/mol. The third-order valence-corrected chi connectivity index (χ3v) is 3.48. The van der Waals surface area contributed by atoms with E-state index in [1.54, 1.807) is 23.1 Å². The molecular weight excluding hydrogens is 217 g/mol. The van der Waals surface area contributed by atoms with E-state index < -0.39 is 5.82 Å². The Labute approximate surface area is 101 Å². The van der Waals surface area contributed by atoms with Crippen LogP contribution in [0.5, 0.6) is 0 Å². The molecule has 0 bridgehead atoms. The lowest BCUT2D eigenvalue weighted by Gasteiger charge is -2.31. The van der Waals surface area contributed by atoms with Gasteiger partial charge < -0.3 is 4.90 Å². The van der Waals surface area contributed by atoms with Gasteiger partial charge in [-0.05, 0) is 37.8 Å². The van der Waals surface area contributed by atoms with Gasteiger partial charge in [0, 0.05) is 13.1 Å². The maximum Gasteiger partial charge on any atom is 0.256 e. The van der Waals surface area contributed by atoms with Crippen molar-refractivity contribution < 1.29 is 9.18 Å². The molecule has 17 heavy (non-hydrogen) atoms. The summed E-state index contributed by atoms with van der Waals surface area (Å²) in [7, 11) is 0. The minimum absolute atomic E-state index is 0.183. The Bertz CT molecular complexity index is 401. The topological polar surface area (TPSA) is 20.3 Å². The zero-order chi connectivity index (χ0) is 12.3.